The van der Waals surface area contributed by atoms with Crippen molar-refractivity contribution < 1.29 is 28.7 Å². The van der Waals surface area contributed by atoms with Gasteiger partial charge in [0.15, 0.2) is 0 Å². The van der Waals surface area contributed by atoms with Crippen LogP contribution in [0.3, 0.4) is 0 Å². The van der Waals surface area contributed by atoms with Crippen molar-refractivity contribution in [1.29, 1.82) is 0 Å². The molecule has 14 nitrogen and oxygen atoms in total. The highest BCUT2D eigenvalue weighted by atomic mass is 16.5. The van der Waals surface area contributed by atoms with Crippen molar-refractivity contribution in [1.82, 2.24) is 35.4 Å². The van der Waals surface area contributed by atoms with Crippen molar-refractivity contribution in [2.45, 2.75) is 90.9 Å². The van der Waals surface area contributed by atoms with E-state index in [-0.39, 0.29) is 35.7 Å². The molecular weight excluding hydrogens is 725 g/mol. The zero-order valence-electron chi connectivity index (χ0n) is 33.7. The predicted molar refractivity (Wildman–Crippen MR) is 217 cm³/mol. The lowest BCUT2D eigenvalue weighted by molar-refractivity contribution is -0.135. The average molecular weight is 777 g/mol. The molecule has 14 heteroatoms. The number of methoxy groups -OCH3 is 2. The molecule has 0 unspecified atom stereocenters. The molecular formula is C43H52N8O6. The number of hydrogen-bond donors (Lipinski definition) is 3. The molecule has 4 aromatic rings. The number of carbonyl (C=O) groups is 4. The first-order valence-corrected chi connectivity index (χ1v) is 19.8. The molecule has 2 saturated heterocycles. The average Bonchev–Trinajstić information content (AvgIpc) is 4.03. The van der Waals surface area contributed by atoms with E-state index in [0.29, 0.717) is 19.5 Å². The van der Waals surface area contributed by atoms with Crippen molar-refractivity contribution in [3.05, 3.63) is 65.6 Å². The van der Waals surface area contributed by atoms with Crippen molar-refractivity contribution in [3.8, 4) is 22.4 Å². The Kier molecular flexibility index (Phi) is 11.3. The molecule has 7 rings (SSSR count). The van der Waals surface area contributed by atoms with Gasteiger partial charge < -0.3 is 34.9 Å². The Morgan fingerprint density at radius 3 is 2.02 bits per heavy atom. The number of fused-ring (bicyclic) bond motifs is 2. The molecule has 0 saturated carbocycles. The first-order valence-electron chi connectivity index (χ1n) is 19.8. The molecule has 0 bridgehead atoms. The zero-order valence-corrected chi connectivity index (χ0v) is 33.7. The van der Waals surface area contributed by atoms with Gasteiger partial charge in [-0.2, -0.15) is 0 Å². The van der Waals surface area contributed by atoms with Crippen LogP contribution in [0.2, 0.25) is 0 Å². The van der Waals surface area contributed by atoms with Crippen LogP contribution < -0.4 is 10.6 Å². The molecule has 0 aliphatic carbocycles. The number of imidazole rings is 1. The van der Waals surface area contributed by atoms with Crippen LogP contribution in [0.5, 0.6) is 0 Å². The Hall–Kier alpha value is -5.79. The van der Waals surface area contributed by atoms with Gasteiger partial charge in [-0.3, -0.25) is 19.6 Å². The fraction of sp³-hybridized carbons (Fsp3) is 0.465. The first-order chi connectivity index (χ1) is 27.4. The Morgan fingerprint density at radius 2 is 1.40 bits per heavy atom. The summed E-state index contributed by atoms with van der Waals surface area (Å²) in [5.41, 5.74) is 9.46. The van der Waals surface area contributed by atoms with Crippen molar-refractivity contribution in [2.75, 3.05) is 27.3 Å². The van der Waals surface area contributed by atoms with Gasteiger partial charge in [-0.05, 0) is 85.4 Å². The number of nitrogens with zero attached hydrogens (tertiary/aromatic N) is 5. The van der Waals surface area contributed by atoms with E-state index in [1.807, 2.05) is 55.8 Å². The van der Waals surface area contributed by atoms with Crippen LogP contribution in [-0.4, -0.2) is 99.9 Å². The Bertz CT molecular complexity index is 2230. The van der Waals surface area contributed by atoms with Gasteiger partial charge in [-0.1, -0.05) is 45.9 Å². The standard InChI is InChI=1S/C43H52N8O6/c1-23(2)36(48-42(54)56-6)40(52)50-16-8-10-34(50)33-20-27-13-12-26(19-31(27)45-33)29-18-25(5)38(44-22-29)28-14-15-30-32(21-28)47-39(46-30)35-11-9-17-51(35)41(53)37(24(3)4)49-43(55)57-7/h12-15,18-19,21-24,34-37H,8-11,16-17,20H2,1-7H3,(H,46,47)(H,48,54)(H,49,55)/t34-,35-,36-,37-/m0/s1. The number of alkyl carbamates (subject to hydrolysis) is 2. The summed E-state index contributed by atoms with van der Waals surface area (Å²) in [5.74, 6) is 0.260. The van der Waals surface area contributed by atoms with E-state index >= 15 is 0 Å². The summed E-state index contributed by atoms with van der Waals surface area (Å²) < 4.78 is 9.56. The van der Waals surface area contributed by atoms with Gasteiger partial charge in [0.2, 0.25) is 11.8 Å². The molecule has 4 amide bonds. The van der Waals surface area contributed by atoms with Crippen molar-refractivity contribution in [3.63, 3.8) is 0 Å². The summed E-state index contributed by atoms with van der Waals surface area (Å²) in [7, 11) is 2.59. The number of hydrogen-bond acceptors (Lipinski definition) is 9. The number of likely N-dealkylation sites (tertiary alicyclic amines) is 2. The number of aromatic nitrogens is 3. The Labute approximate surface area is 332 Å². The molecule has 300 valence electrons. The summed E-state index contributed by atoms with van der Waals surface area (Å²) in [5, 5.41) is 5.43. The topological polar surface area (TPSA) is 171 Å². The molecule has 4 atom stereocenters. The van der Waals surface area contributed by atoms with Gasteiger partial charge in [0.1, 0.15) is 17.9 Å². The van der Waals surface area contributed by atoms with E-state index in [2.05, 4.69) is 52.9 Å². The SMILES string of the molecule is COC(=O)N[C@H](C(=O)N1CCC[C@H]1C1=Nc2cc(-c3cnc(-c4ccc5nc([C@@H]6CCCN6C(=O)[C@@H](NC(=O)OC)C(C)C)[nH]c5c4)c(C)c3)ccc2C1)C(C)C. The Morgan fingerprint density at radius 1 is 0.789 bits per heavy atom. The number of amides is 4. The number of aliphatic imine (C=N–C) groups is 1. The smallest absolute Gasteiger partial charge is 0.407 e. The fourth-order valence-electron chi connectivity index (χ4n) is 8.40. The van der Waals surface area contributed by atoms with E-state index in [9.17, 15) is 19.2 Å². The number of ether oxygens (including phenoxy) is 2. The van der Waals surface area contributed by atoms with Crippen LogP contribution in [0.15, 0.2) is 53.7 Å². The van der Waals surface area contributed by atoms with Crippen LogP contribution >= 0.6 is 0 Å². The molecule has 0 spiro atoms. The summed E-state index contributed by atoms with van der Waals surface area (Å²) in [6.07, 6.45) is 4.64. The minimum Gasteiger partial charge on any atom is -0.453 e. The lowest BCUT2D eigenvalue weighted by atomic mass is 9.98. The lowest BCUT2D eigenvalue weighted by Gasteiger charge is -2.30. The first kappa shape index (κ1) is 39.4. The predicted octanol–water partition coefficient (Wildman–Crippen LogP) is 6.64. The number of aryl methyl sites for hydroxylation is 1. The zero-order chi connectivity index (χ0) is 40.5. The molecule has 3 N–H and O–H groups in total. The second-order valence-corrected chi connectivity index (χ2v) is 16.0. The Balaban J connectivity index is 1.07. The van der Waals surface area contributed by atoms with E-state index < -0.39 is 24.3 Å². The van der Waals surface area contributed by atoms with Gasteiger partial charge in [-0.25, -0.2) is 14.6 Å². The minimum atomic E-state index is -0.699. The summed E-state index contributed by atoms with van der Waals surface area (Å²) >= 11 is 0. The third kappa shape index (κ3) is 7.94. The fourth-order valence-corrected chi connectivity index (χ4v) is 8.40. The highest BCUT2D eigenvalue weighted by molar-refractivity contribution is 6.01. The molecule has 2 fully saturated rings. The normalized spacial score (nSPS) is 18.8. The third-order valence-electron chi connectivity index (χ3n) is 11.5. The van der Waals surface area contributed by atoms with E-state index in [1.165, 1.54) is 14.2 Å². The lowest BCUT2D eigenvalue weighted by Crippen LogP contribution is -2.53. The van der Waals surface area contributed by atoms with Crippen LogP contribution in [-0.2, 0) is 25.5 Å². The highest BCUT2D eigenvalue weighted by Crippen LogP contribution is 2.37. The van der Waals surface area contributed by atoms with Crippen molar-refractivity contribution in [2.24, 2.45) is 16.8 Å². The van der Waals surface area contributed by atoms with E-state index in [4.69, 9.17) is 24.4 Å². The second-order valence-electron chi connectivity index (χ2n) is 16.0. The maximum absolute atomic E-state index is 13.7. The maximum atomic E-state index is 13.7. The number of H-pyrrole nitrogens is 1. The third-order valence-corrected chi connectivity index (χ3v) is 11.5. The minimum absolute atomic E-state index is 0.0951. The number of benzene rings is 2. The molecule has 2 aromatic carbocycles. The van der Waals surface area contributed by atoms with E-state index in [1.54, 1.807) is 0 Å². The van der Waals surface area contributed by atoms with Crippen LogP contribution in [0, 0.1) is 18.8 Å². The summed E-state index contributed by atoms with van der Waals surface area (Å²) in [6, 6.07) is 12.8. The van der Waals surface area contributed by atoms with Crippen LogP contribution in [0.1, 0.15) is 76.4 Å². The van der Waals surface area contributed by atoms with Crippen LogP contribution in [0.4, 0.5) is 15.3 Å². The van der Waals surface area contributed by atoms with Gasteiger partial charge in [0, 0.05) is 42.5 Å². The molecule has 0 radical (unpaired) electrons. The monoisotopic (exact) mass is 776 g/mol. The van der Waals surface area contributed by atoms with Gasteiger partial charge in [0.05, 0.1) is 48.7 Å². The van der Waals surface area contributed by atoms with Gasteiger partial charge in [0.25, 0.3) is 0 Å². The van der Waals surface area contributed by atoms with Crippen LogP contribution in [0.25, 0.3) is 33.4 Å². The number of nitrogens with one attached hydrogen (secondary N) is 3. The van der Waals surface area contributed by atoms with E-state index in [0.717, 1.165) is 87.5 Å². The molecule has 57 heavy (non-hydrogen) atoms. The molecule has 3 aliphatic rings. The van der Waals surface area contributed by atoms with Crippen molar-refractivity contribution >= 4 is 46.4 Å². The number of rotatable bonds is 10. The quantitative estimate of drug-likeness (QED) is 0.161. The largest absolute Gasteiger partial charge is 0.453 e. The van der Waals surface area contributed by atoms with Gasteiger partial charge >= 0.3 is 12.2 Å². The van der Waals surface area contributed by atoms with Gasteiger partial charge in [-0.15, -0.1) is 0 Å². The second kappa shape index (κ2) is 16.4. The summed E-state index contributed by atoms with van der Waals surface area (Å²) in [6.45, 7) is 10.9. The number of aromatic amines is 1. The molecule has 5 heterocycles. The number of carbonyl (C=O) groups excluding carboxylic acids is 4. The maximum Gasteiger partial charge on any atom is 0.407 e. The number of pyridine rings is 1. The molecule has 2 aromatic heterocycles. The highest BCUT2D eigenvalue weighted by Gasteiger charge is 2.40. The summed E-state index contributed by atoms with van der Waals surface area (Å²) in [4.78, 5) is 73.4. The molecule has 3 aliphatic heterocycles.